The largest absolute Gasteiger partial charge is 0.383 e. The van der Waals surface area contributed by atoms with Crippen molar-refractivity contribution < 1.29 is 0 Å². The van der Waals surface area contributed by atoms with Gasteiger partial charge in [0.1, 0.15) is 5.82 Å². The fraction of sp³-hybridized carbons (Fsp3) is 0.333. The van der Waals surface area contributed by atoms with Gasteiger partial charge in [-0.25, -0.2) is 9.47 Å². The molecule has 60 valence electrons. The average Bonchev–Trinajstić information content (AvgIpc) is 1.95. The highest BCUT2D eigenvalue weighted by atomic mass is 16.1. The van der Waals surface area contributed by atoms with Crippen molar-refractivity contribution in [3.63, 3.8) is 0 Å². The van der Waals surface area contributed by atoms with E-state index < -0.39 is 0 Å². The van der Waals surface area contributed by atoms with Gasteiger partial charge >= 0.3 is 5.69 Å². The van der Waals surface area contributed by atoms with Crippen LogP contribution in [0.15, 0.2) is 17.1 Å². The van der Waals surface area contributed by atoms with E-state index in [4.69, 9.17) is 5.73 Å². The number of rotatable bonds is 2. The molecule has 1 heterocycles. The monoisotopic (exact) mass is 154 g/mol. The Bertz CT molecular complexity index is 293. The van der Waals surface area contributed by atoms with Crippen LogP contribution in [-0.2, 0) is 0 Å². The van der Waals surface area contributed by atoms with E-state index in [0.717, 1.165) is 0 Å². The van der Waals surface area contributed by atoms with Gasteiger partial charge in [0.15, 0.2) is 0 Å². The maximum Gasteiger partial charge on any atom is 0.367 e. The summed E-state index contributed by atoms with van der Waals surface area (Å²) in [5.74, 6) is 0.240. The van der Waals surface area contributed by atoms with Crippen molar-refractivity contribution in [3.8, 4) is 0 Å². The SMILES string of the molecule is CCNn1ccc(N)nc1=O. The summed E-state index contributed by atoms with van der Waals surface area (Å²) < 4.78 is 1.29. The standard InChI is InChI=1S/C6H10N4O/c1-2-8-10-4-3-5(7)9-6(10)11/h3-4,8H,2H2,1H3,(H2,7,9,11). The van der Waals surface area contributed by atoms with Crippen LogP contribution < -0.4 is 16.8 Å². The molecular weight excluding hydrogens is 144 g/mol. The van der Waals surface area contributed by atoms with Crippen molar-refractivity contribution in [2.45, 2.75) is 6.92 Å². The van der Waals surface area contributed by atoms with Gasteiger partial charge in [-0.2, -0.15) is 4.98 Å². The molecule has 0 bridgehead atoms. The van der Waals surface area contributed by atoms with Crippen LogP contribution in [-0.4, -0.2) is 16.2 Å². The highest BCUT2D eigenvalue weighted by molar-refractivity contribution is 5.23. The second kappa shape index (κ2) is 3.05. The first-order chi connectivity index (χ1) is 5.24. The van der Waals surface area contributed by atoms with Crippen molar-refractivity contribution in [1.82, 2.24) is 9.66 Å². The predicted molar refractivity (Wildman–Crippen MR) is 42.8 cm³/mol. The lowest BCUT2D eigenvalue weighted by molar-refractivity contribution is 0.788. The summed E-state index contributed by atoms with van der Waals surface area (Å²) in [6.45, 7) is 2.56. The lowest BCUT2D eigenvalue weighted by atomic mass is 10.6. The minimum absolute atomic E-state index is 0.240. The van der Waals surface area contributed by atoms with Crippen molar-refractivity contribution >= 4 is 5.82 Å². The highest BCUT2D eigenvalue weighted by Gasteiger charge is 1.93. The maximum absolute atomic E-state index is 10.9. The van der Waals surface area contributed by atoms with E-state index >= 15 is 0 Å². The van der Waals surface area contributed by atoms with E-state index in [2.05, 4.69) is 10.4 Å². The van der Waals surface area contributed by atoms with Gasteiger partial charge in [-0.15, -0.1) is 0 Å². The normalized spacial score (nSPS) is 9.55. The first-order valence-corrected chi connectivity index (χ1v) is 3.33. The zero-order valence-electron chi connectivity index (χ0n) is 6.24. The number of hydrogen-bond acceptors (Lipinski definition) is 4. The number of nitrogens with one attached hydrogen (secondary N) is 1. The Morgan fingerprint density at radius 2 is 2.55 bits per heavy atom. The van der Waals surface area contributed by atoms with E-state index in [9.17, 15) is 4.79 Å². The third-order valence-electron chi connectivity index (χ3n) is 1.15. The fourth-order valence-electron chi connectivity index (χ4n) is 0.707. The molecular formula is C6H10N4O. The molecule has 0 aliphatic carbocycles. The van der Waals surface area contributed by atoms with E-state index in [-0.39, 0.29) is 11.5 Å². The third-order valence-corrected chi connectivity index (χ3v) is 1.15. The number of hydrogen-bond donors (Lipinski definition) is 2. The number of nitrogens with zero attached hydrogens (tertiary/aromatic N) is 2. The second-order valence-corrected chi connectivity index (χ2v) is 2.02. The van der Waals surface area contributed by atoms with Crippen LogP contribution in [0, 0.1) is 0 Å². The van der Waals surface area contributed by atoms with Gasteiger partial charge in [0.05, 0.1) is 0 Å². The van der Waals surface area contributed by atoms with E-state index in [0.29, 0.717) is 6.54 Å². The Morgan fingerprint density at radius 3 is 3.09 bits per heavy atom. The summed E-state index contributed by atoms with van der Waals surface area (Å²) in [4.78, 5) is 14.5. The zero-order chi connectivity index (χ0) is 8.27. The van der Waals surface area contributed by atoms with Gasteiger partial charge in [0.2, 0.25) is 0 Å². The van der Waals surface area contributed by atoms with Crippen LogP contribution in [0.4, 0.5) is 5.82 Å². The Kier molecular flexibility index (Phi) is 2.10. The maximum atomic E-state index is 10.9. The van der Waals surface area contributed by atoms with Gasteiger partial charge < -0.3 is 11.2 Å². The predicted octanol–water partition coefficient (Wildman–Crippen LogP) is -0.611. The summed E-state index contributed by atoms with van der Waals surface area (Å²) in [6.07, 6.45) is 1.55. The lowest BCUT2D eigenvalue weighted by Gasteiger charge is -2.04. The van der Waals surface area contributed by atoms with Crippen molar-refractivity contribution in [3.05, 3.63) is 22.7 Å². The topological polar surface area (TPSA) is 72.9 Å². The Hall–Kier alpha value is -1.52. The molecule has 0 fully saturated rings. The summed E-state index contributed by atoms with van der Waals surface area (Å²) in [5, 5.41) is 0. The van der Waals surface area contributed by atoms with Crippen LogP contribution in [0.1, 0.15) is 6.92 Å². The zero-order valence-corrected chi connectivity index (χ0v) is 6.24. The number of anilines is 1. The summed E-state index contributed by atoms with van der Waals surface area (Å²) in [5.41, 5.74) is 7.68. The summed E-state index contributed by atoms with van der Waals surface area (Å²) >= 11 is 0. The molecule has 0 aliphatic rings. The van der Waals surface area contributed by atoms with Crippen LogP contribution in [0.5, 0.6) is 0 Å². The molecule has 0 radical (unpaired) electrons. The highest BCUT2D eigenvalue weighted by Crippen LogP contribution is 1.86. The summed E-state index contributed by atoms with van der Waals surface area (Å²) in [6, 6.07) is 1.56. The molecule has 0 saturated heterocycles. The van der Waals surface area contributed by atoms with E-state index in [1.54, 1.807) is 12.3 Å². The summed E-state index contributed by atoms with van der Waals surface area (Å²) in [7, 11) is 0. The molecule has 0 aliphatic heterocycles. The third kappa shape index (κ3) is 1.70. The Morgan fingerprint density at radius 1 is 1.82 bits per heavy atom. The number of nitrogen functional groups attached to an aromatic ring is 1. The van der Waals surface area contributed by atoms with Gasteiger partial charge in [0, 0.05) is 12.7 Å². The van der Waals surface area contributed by atoms with Gasteiger partial charge in [-0.1, -0.05) is 0 Å². The van der Waals surface area contributed by atoms with Crippen molar-refractivity contribution in [1.29, 1.82) is 0 Å². The number of nitrogens with two attached hydrogens (primary N) is 1. The molecule has 1 rings (SSSR count). The smallest absolute Gasteiger partial charge is 0.367 e. The lowest BCUT2D eigenvalue weighted by Crippen LogP contribution is -2.30. The quantitative estimate of drug-likeness (QED) is 0.596. The molecule has 1 aromatic heterocycles. The molecule has 0 amide bonds. The first kappa shape index (κ1) is 7.59. The molecule has 5 heteroatoms. The van der Waals surface area contributed by atoms with Gasteiger partial charge in [-0.05, 0) is 13.0 Å². The molecule has 3 N–H and O–H groups in total. The van der Waals surface area contributed by atoms with Gasteiger partial charge in [0.25, 0.3) is 0 Å². The molecule has 0 spiro atoms. The van der Waals surface area contributed by atoms with Gasteiger partial charge in [-0.3, -0.25) is 0 Å². The minimum Gasteiger partial charge on any atom is -0.383 e. The van der Waals surface area contributed by atoms with Crippen molar-refractivity contribution in [2.24, 2.45) is 0 Å². The first-order valence-electron chi connectivity index (χ1n) is 3.33. The van der Waals surface area contributed by atoms with Crippen LogP contribution in [0.25, 0.3) is 0 Å². The van der Waals surface area contributed by atoms with Crippen LogP contribution in [0.2, 0.25) is 0 Å². The Labute approximate surface area is 63.8 Å². The fourth-order valence-corrected chi connectivity index (χ4v) is 0.707. The molecule has 11 heavy (non-hydrogen) atoms. The molecule has 1 aromatic rings. The Balaban J connectivity index is 3.00. The molecule has 0 unspecified atom stereocenters. The molecule has 0 atom stereocenters. The number of aromatic nitrogens is 2. The second-order valence-electron chi connectivity index (χ2n) is 2.02. The molecule has 5 nitrogen and oxygen atoms in total. The molecule has 0 saturated carbocycles. The van der Waals surface area contributed by atoms with E-state index in [1.807, 2.05) is 6.92 Å². The van der Waals surface area contributed by atoms with Crippen LogP contribution in [0.3, 0.4) is 0 Å². The van der Waals surface area contributed by atoms with Crippen molar-refractivity contribution in [2.75, 3.05) is 17.7 Å². The minimum atomic E-state index is -0.383. The van der Waals surface area contributed by atoms with Crippen LogP contribution >= 0.6 is 0 Å². The van der Waals surface area contributed by atoms with E-state index in [1.165, 1.54) is 4.68 Å². The molecule has 0 aromatic carbocycles. The average molecular weight is 154 g/mol.